The highest BCUT2D eigenvalue weighted by atomic mass is 16.5. The Hall–Kier alpha value is -4.72. The number of carbonyl (C=O) groups excluding carboxylic acids is 2. The summed E-state index contributed by atoms with van der Waals surface area (Å²) in [5, 5.41) is 4.77. The van der Waals surface area contributed by atoms with Crippen LogP contribution in [0.3, 0.4) is 0 Å². The molecule has 0 unspecified atom stereocenters. The maximum Gasteiger partial charge on any atom is 0.336 e. The van der Waals surface area contributed by atoms with Crippen LogP contribution in [0.4, 0.5) is 0 Å². The van der Waals surface area contributed by atoms with Gasteiger partial charge in [0.05, 0.1) is 30.8 Å². The zero-order chi connectivity index (χ0) is 25.2. The molecule has 5 aromatic rings. The van der Waals surface area contributed by atoms with Crippen molar-refractivity contribution in [3.63, 3.8) is 0 Å². The first kappa shape index (κ1) is 23.0. The number of pyridine rings is 1. The second-order valence-electron chi connectivity index (χ2n) is 8.23. The fraction of sp³-hybridized carbons (Fsp3) is 0.143. The van der Waals surface area contributed by atoms with Crippen molar-refractivity contribution in [1.82, 2.24) is 10.3 Å². The monoisotopic (exact) mass is 482 g/mol. The Morgan fingerprint density at radius 1 is 0.917 bits per heavy atom. The first-order valence-corrected chi connectivity index (χ1v) is 11.3. The van der Waals surface area contributed by atoms with E-state index in [1.165, 1.54) is 20.3 Å². The molecule has 180 valence electrons. The van der Waals surface area contributed by atoms with Gasteiger partial charge in [0, 0.05) is 34.7 Å². The van der Waals surface area contributed by atoms with Gasteiger partial charge in [0.2, 0.25) is 0 Å². The lowest BCUT2D eigenvalue weighted by atomic mass is 9.99. The number of fused-ring (bicyclic) bond motifs is 3. The van der Waals surface area contributed by atoms with Crippen molar-refractivity contribution in [3.8, 4) is 5.75 Å². The minimum Gasteiger partial charge on any atom is -0.497 e. The molecule has 1 N–H and O–H groups in total. The number of rotatable bonds is 6. The number of aromatic nitrogens is 1. The van der Waals surface area contributed by atoms with Gasteiger partial charge in [0.15, 0.2) is 0 Å². The molecule has 8 nitrogen and oxygen atoms in total. The molecule has 3 aromatic carbocycles. The second kappa shape index (κ2) is 9.50. The molecule has 0 spiro atoms. The van der Waals surface area contributed by atoms with Gasteiger partial charge >= 0.3 is 11.6 Å². The number of para-hydroxylation sites is 2. The predicted octanol–water partition coefficient (Wildman–Crippen LogP) is 4.02. The highest BCUT2D eigenvalue weighted by Gasteiger charge is 2.26. The molecule has 5 rings (SSSR count). The lowest BCUT2D eigenvalue weighted by Crippen LogP contribution is -2.43. The summed E-state index contributed by atoms with van der Waals surface area (Å²) in [5.41, 5.74) is 2.01. The topological polar surface area (TPSA) is 108 Å². The molecular weight excluding hydrogens is 460 g/mol. The smallest absolute Gasteiger partial charge is 0.336 e. The van der Waals surface area contributed by atoms with Gasteiger partial charge in [-0.25, -0.2) is 14.6 Å². The van der Waals surface area contributed by atoms with Crippen LogP contribution >= 0.6 is 0 Å². The van der Waals surface area contributed by atoms with E-state index < -0.39 is 23.5 Å². The largest absolute Gasteiger partial charge is 0.497 e. The molecule has 1 amide bonds. The summed E-state index contributed by atoms with van der Waals surface area (Å²) in [7, 11) is 2.76. The molecule has 0 aliphatic heterocycles. The van der Waals surface area contributed by atoms with Crippen LogP contribution in [0.2, 0.25) is 0 Å². The highest BCUT2D eigenvalue weighted by Crippen LogP contribution is 2.27. The fourth-order valence-corrected chi connectivity index (χ4v) is 4.38. The zero-order valence-corrected chi connectivity index (χ0v) is 19.6. The third kappa shape index (κ3) is 4.24. The Labute approximate surface area is 205 Å². The molecule has 2 heterocycles. The Bertz CT molecular complexity index is 1640. The molecule has 8 heteroatoms. The molecule has 0 saturated carbocycles. The molecule has 0 bridgehead atoms. The Kier molecular flexibility index (Phi) is 6.08. The van der Waals surface area contributed by atoms with Gasteiger partial charge in [-0.15, -0.1) is 0 Å². The number of benzene rings is 3. The van der Waals surface area contributed by atoms with E-state index in [1.54, 1.807) is 18.2 Å². The van der Waals surface area contributed by atoms with Crippen molar-refractivity contribution in [2.75, 3.05) is 14.2 Å². The summed E-state index contributed by atoms with van der Waals surface area (Å²) in [6.07, 6.45) is 0.0216. The van der Waals surface area contributed by atoms with E-state index in [9.17, 15) is 14.4 Å². The summed E-state index contributed by atoms with van der Waals surface area (Å²) in [6, 6.07) is 20.0. The summed E-state index contributed by atoms with van der Waals surface area (Å²) in [6.45, 7) is 0. The second-order valence-corrected chi connectivity index (χ2v) is 8.23. The summed E-state index contributed by atoms with van der Waals surface area (Å²) >= 11 is 0. The van der Waals surface area contributed by atoms with Crippen LogP contribution in [-0.4, -0.2) is 37.1 Å². The van der Waals surface area contributed by atoms with Crippen LogP contribution < -0.4 is 15.7 Å². The summed E-state index contributed by atoms with van der Waals surface area (Å²) in [5.74, 6) is -0.563. The third-order valence-electron chi connectivity index (χ3n) is 6.07. The van der Waals surface area contributed by atoms with Gasteiger partial charge < -0.3 is 19.2 Å². The van der Waals surface area contributed by atoms with Gasteiger partial charge in [-0.1, -0.05) is 36.4 Å². The normalized spacial score (nSPS) is 11.9. The lowest BCUT2D eigenvalue weighted by molar-refractivity contribution is -0.142. The minimum atomic E-state index is -1.06. The van der Waals surface area contributed by atoms with Crippen LogP contribution in [0.25, 0.3) is 32.8 Å². The summed E-state index contributed by atoms with van der Waals surface area (Å²) < 4.78 is 15.5. The third-order valence-corrected chi connectivity index (χ3v) is 6.07. The predicted molar refractivity (Wildman–Crippen MR) is 135 cm³/mol. The van der Waals surface area contributed by atoms with Crippen molar-refractivity contribution < 1.29 is 23.5 Å². The average Bonchev–Trinajstić information content (AvgIpc) is 2.90. The van der Waals surface area contributed by atoms with E-state index in [0.717, 1.165) is 0 Å². The van der Waals surface area contributed by atoms with Crippen LogP contribution in [0.5, 0.6) is 5.75 Å². The Balaban J connectivity index is 1.57. The van der Waals surface area contributed by atoms with Crippen LogP contribution in [0, 0.1) is 0 Å². The molecule has 0 aliphatic rings. The standard InChI is InChI=1S/C28H22N2O6/c1-34-17-11-12-18-16(14-25(31)36-24(18)15-17)13-23(28(33)35-2)30-27(32)26-19-7-3-5-9-21(19)29-22-10-6-4-8-20(22)26/h3-12,14-15,23H,13H2,1-2H3,(H,30,32)/t23-/m1/s1. The number of amides is 1. The number of hydrogen-bond acceptors (Lipinski definition) is 7. The maximum atomic E-state index is 13.7. The van der Waals surface area contributed by atoms with Crippen molar-refractivity contribution in [3.05, 3.63) is 94.3 Å². The van der Waals surface area contributed by atoms with Crippen molar-refractivity contribution in [2.24, 2.45) is 0 Å². The number of ether oxygens (including phenoxy) is 2. The van der Waals surface area contributed by atoms with Crippen LogP contribution in [0.1, 0.15) is 15.9 Å². The molecular formula is C28H22N2O6. The Morgan fingerprint density at radius 2 is 1.58 bits per heavy atom. The number of nitrogens with zero attached hydrogens (tertiary/aromatic N) is 1. The zero-order valence-electron chi connectivity index (χ0n) is 19.6. The molecule has 0 aliphatic carbocycles. The molecule has 0 saturated heterocycles. The minimum absolute atomic E-state index is 0.0216. The van der Waals surface area contributed by atoms with E-state index in [2.05, 4.69) is 10.3 Å². The molecule has 0 radical (unpaired) electrons. The Morgan fingerprint density at radius 3 is 2.22 bits per heavy atom. The number of methoxy groups -OCH3 is 2. The first-order valence-electron chi connectivity index (χ1n) is 11.3. The SMILES string of the molecule is COC(=O)[C@@H](Cc1cc(=O)oc2cc(OC)ccc12)NC(=O)c1c2ccccc2nc2ccccc12. The van der Waals surface area contributed by atoms with Crippen molar-refractivity contribution in [2.45, 2.75) is 12.5 Å². The lowest BCUT2D eigenvalue weighted by Gasteiger charge is -2.19. The van der Waals surface area contributed by atoms with Gasteiger partial charge in [-0.3, -0.25) is 4.79 Å². The number of carbonyl (C=O) groups is 2. The molecule has 1 atom stereocenters. The van der Waals surface area contributed by atoms with E-state index >= 15 is 0 Å². The van der Waals surface area contributed by atoms with E-state index in [0.29, 0.717) is 49.7 Å². The van der Waals surface area contributed by atoms with Gasteiger partial charge in [0.25, 0.3) is 5.91 Å². The van der Waals surface area contributed by atoms with E-state index in [1.807, 2.05) is 48.5 Å². The van der Waals surface area contributed by atoms with Gasteiger partial charge in [-0.05, 0) is 29.8 Å². The van der Waals surface area contributed by atoms with Crippen LogP contribution in [0.15, 0.2) is 82.0 Å². The maximum absolute atomic E-state index is 13.7. The van der Waals surface area contributed by atoms with E-state index in [4.69, 9.17) is 13.9 Å². The van der Waals surface area contributed by atoms with Gasteiger partial charge in [-0.2, -0.15) is 0 Å². The molecule has 0 fully saturated rings. The van der Waals surface area contributed by atoms with Gasteiger partial charge in [0.1, 0.15) is 17.4 Å². The van der Waals surface area contributed by atoms with Crippen molar-refractivity contribution >= 4 is 44.7 Å². The average molecular weight is 482 g/mol. The van der Waals surface area contributed by atoms with Crippen LogP contribution in [-0.2, 0) is 16.0 Å². The number of hydrogen-bond donors (Lipinski definition) is 1. The quantitative estimate of drug-likeness (QED) is 0.221. The highest BCUT2D eigenvalue weighted by molar-refractivity contribution is 6.16. The molecule has 36 heavy (non-hydrogen) atoms. The van der Waals surface area contributed by atoms with Crippen molar-refractivity contribution in [1.29, 1.82) is 0 Å². The molecule has 2 aromatic heterocycles. The van der Waals surface area contributed by atoms with E-state index in [-0.39, 0.29) is 6.42 Å². The summed E-state index contributed by atoms with van der Waals surface area (Å²) in [4.78, 5) is 43.3. The number of esters is 1. The fourth-order valence-electron chi connectivity index (χ4n) is 4.38. The number of nitrogens with one attached hydrogen (secondary N) is 1. The first-order chi connectivity index (χ1) is 17.5.